The van der Waals surface area contributed by atoms with Crippen molar-refractivity contribution in [2.75, 3.05) is 33.3 Å². The van der Waals surface area contributed by atoms with E-state index in [1.807, 2.05) is 9.42 Å². The molecule has 8 heteroatoms. The number of aromatic amines is 1. The molecule has 2 fully saturated rings. The molecule has 0 saturated carbocycles. The lowest BCUT2D eigenvalue weighted by molar-refractivity contribution is 0.0735. The van der Waals surface area contributed by atoms with Gasteiger partial charge in [-0.1, -0.05) is 19.9 Å². The lowest BCUT2D eigenvalue weighted by atomic mass is 9.87. The zero-order valence-corrected chi connectivity index (χ0v) is 23.8. The van der Waals surface area contributed by atoms with Crippen LogP contribution in [0.15, 0.2) is 30.7 Å². The van der Waals surface area contributed by atoms with E-state index < -0.39 is 0 Å². The summed E-state index contributed by atoms with van der Waals surface area (Å²) in [5, 5.41) is 5.70. The number of rotatable bonds is 5. The number of ether oxygens (including phenoxy) is 1. The largest absolute Gasteiger partial charge is 0.448 e. The fraction of sp³-hybridized carbons (Fsp3) is 0.516. The van der Waals surface area contributed by atoms with Gasteiger partial charge in [0.25, 0.3) is 0 Å². The fourth-order valence-electron chi connectivity index (χ4n) is 6.59. The van der Waals surface area contributed by atoms with Crippen LogP contribution in [0.1, 0.15) is 73.6 Å². The van der Waals surface area contributed by atoms with E-state index in [4.69, 9.17) is 4.74 Å². The SMILES string of the molecule is Cc1c(-c2[nH]c3ccc(C4CCN(C(=O)OCC5CCCN5C)CC4)cc3c2C(C)C)cn2ncnc2c1C. The predicted molar refractivity (Wildman–Crippen MR) is 154 cm³/mol. The Balaban J connectivity index is 1.22. The van der Waals surface area contributed by atoms with E-state index in [1.165, 1.54) is 39.8 Å². The summed E-state index contributed by atoms with van der Waals surface area (Å²) >= 11 is 0. The Morgan fingerprint density at radius 3 is 2.64 bits per heavy atom. The minimum atomic E-state index is -0.156. The molecule has 1 amide bonds. The quantitative estimate of drug-likeness (QED) is 0.342. The number of likely N-dealkylation sites (tertiary alicyclic amines) is 2. The molecule has 39 heavy (non-hydrogen) atoms. The average molecular weight is 529 g/mol. The molecule has 8 nitrogen and oxygen atoms in total. The summed E-state index contributed by atoms with van der Waals surface area (Å²) in [6.07, 6.45) is 7.77. The molecule has 2 aliphatic heterocycles. The predicted octanol–water partition coefficient (Wildman–Crippen LogP) is 6.03. The second-order valence-corrected chi connectivity index (χ2v) is 11.8. The van der Waals surface area contributed by atoms with Crippen molar-refractivity contribution in [3.63, 3.8) is 0 Å². The van der Waals surface area contributed by atoms with Crippen molar-refractivity contribution in [3.8, 4) is 11.3 Å². The number of carbonyl (C=O) groups is 1. The van der Waals surface area contributed by atoms with E-state index in [-0.39, 0.29) is 6.09 Å². The molecule has 6 rings (SSSR count). The van der Waals surface area contributed by atoms with Gasteiger partial charge in [-0.2, -0.15) is 5.10 Å². The number of aryl methyl sites for hydroxylation is 1. The standard InChI is InChI=1S/C31H40N6O2/c1-19(2)28-25-15-23(22-10-13-36(14-11-22)31(38)39-17-24-7-6-12-35(24)5)8-9-27(25)34-29(28)26-16-37-30(32-18-33-37)21(4)20(26)3/h8-9,15-16,18-19,22,24,34H,6-7,10-14,17H2,1-5H3. The summed E-state index contributed by atoms with van der Waals surface area (Å²) in [5.41, 5.74) is 9.47. The van der Waals surface area contributed by atoms with Crippen molar-refractivity contribution < 1.29 is 9.53 Å². The summed E-state index contributed by atoms with van der Waals surface area (Å²) in [4.78, 5) is 25.1. The molecule has 0 radical (unpaired) electrons. The summed E-state index contributed by atoms with van der Waals surface area (Å²) < 4.78 is 7.57. The molecule has 1 atom stereocenters. The zero-order valence-electron chi connectivity index (χ0n) is 23.8. The van der Waals surface area contributed by atoms with E-state index >= 15 is 0 Å². The van der Waals surface area contributed by atoms with E-state index in [0.717, 1.165) is 55.6 Å². The lowest BCUT2D eigenvalue weighted by Crippen LogP contribution is -2.40. The first-order valence-electron chi connectivity index (χ1n) is 14.4. The maximum Gasteiger partial charge on any atom is 0.409 e. The number of nitrogens with zero attached hydrogens (tertiary/aromatic N) is 5. The number of nitrogens with one attached hydrogen (secondary N) is 1. The third-order valence-corrected chi connectivity index (χ3v) is 9.13. The van der Waals surface area contributed by atoms with Gasteiger partial charge in [-0.05, 0) is 99.3 Å². The van der Waals surface area contributed by atoms with Crippen molar-refractivity contribution in [3.05, 3.63) is 53.0 Å². The molecule has 0 bridgehead atoms. The summed E-state index contributed by atoms with van der Waals surface area (Å²) in [6, 6.07) is 7.25. The Labute approximate surface area is 230 Å². The Morgan fingerprint density at radius 2 is 1.92 bits per heavy atom. The maximum atomic E-state index is 12.7. The van der Waals surface area contributed by atoms with Crippen LogP contribution in [0.5, 0.6) is 0 Å². The molecule has 1 unspecified atom stereocenters. The molecule has 2 saturated heterocycles. The molecule has 0 aliphatic carbocycles. The number of carbonyl (C=O) groups excluding carboxylic acids is 1. The Bertz CT molecular complexity index is 1510. The van der Waals surface area contributed by atoms with Crippen molar-refractivity contribution >= 4 is 22.6 Å². The molecule has 2 aliphatic rings. The summed E-state index contributed by atoms with van der Waals surface area (Å²) in [5.74, 6) is 0.791. The van der Waals surface area contributed by atoms with Crippen molar-refractivity contribution in [2.45, 2.75) is 71.3 Å². The normalized spacial score (nSPS) is 19.1. The number of fused-ring (bicyclic) bond motifs is 2. The highest BCUT2D eigenvalue weighted by molar-refractivity contribution is 5.92. The third-order valence-electron chi connectivity index (χ3n) is 9.13. The minimum absolute atomic E-state index is 0.156. The van der Waals surface area contributed by atoms with Crippen molar-refractivity contribution in [1.82, 2.24) is 29.4 Å². The molecular weight excluding hydrogens is 488 g/mol. The zero-order chi connectivity index (χ0) is 27.3. The van der Waals surface area contributed by atoms with Crippen LogP contribution in [0, 0.1) is 13.8 Å². The molecule has 0 spiro atoms. The number of hydrogen-bond donors (Lipinski definition) is 1. The van der Waals surface area contributed by atoms with E-state index in [9.17, 15) is 4.79 Å². The molecule has 1 N–H and O–H groups in total. The number of pyridine rings is 1. The van der Waals surface area contributed by atoms with Crippen LogP contribution in [0.25, 0.3) is 27.8 Å². The van der Waals surface area contributed by atoms with Gasteiger partial charge in [0.2, 0.25) is 0 Å². The van der Waals surface area contributed by atoms with Crippen LogP contribution in [-0.2, 0) is 4.74 Å². The van der Waals surface area contributed by atoms with Gasteiger partial charge >= 0.3 is 6.09 Å². The molecule has 4 aromatic rings. The molecule has 206 valence electrons. The van der Waals surface area contributed by atoms with Crippen LogP contribution >= 0.6 is 0 Å². The Kier molecular flexibility index (Phi) is 6.83. The molecule has 1 aromatic carbocycles. The van der Waals surface area contributed by atoms with Gasteiger partial charge in [0.05, 0.1) is 5.69 Å². The van der Waals surface area contributed by atoms with E-state index in [1.54, 1.807) is 6.33 Å². The molecule has 5 heterocycles. The van der Waals surface area contributed by atoms with Crippen molar-refractivity contribution in [1.29, 1.82) is 0 Å². The van der Waals surface area contributed by atoms with Crippen LogP contribution in [0.3, 0.4) is 0 Å². The number of benzene rings is 1. The monoisotopic (exact) mass is 528 g/mol. The van der Waals surface area contributed by atoms with Gasteiger partial charge in [-0.3, -0.25) is 0 Å². The number of hydrogen-bond acceptors (Lipinski definition) is 5. The maximum absolute atomic E-state index is 12.7. The summed E-state index contributed by atoms with van der Waals surface area (Å²) in [6.45, 7) is 11.9. The topological polar surface area (TPSA) is 78.8 Å². The van der Waals surface area contributed by atoms with Gasteiger partial charge in [-0.25, -0.2) is 14.3 Å². The Hall–Kier alpha value is -3.39. The number of piperidine rings is 1. The summed E-state index contributed by atoms with van der Waals surface area (Å²) in [7, 11) is 2.11. The highest BCUT2D eigenvalue weighted by Gasteiger charge is 2.28. The second kappa shape index (κ2) is 10.3. The molecule has 3 aromatic heterocycles. The molecular formula is C31H40N6O2. The van der Waals surface area contributed by atoms with Crippen LogP contribution in [0.2, 0.25) is 0 Å². The highest BCUT2D eigenvalue weighted by Crippen LogP contribution is 2.40. The van der Waals surface area contributed by atoms with Crippen LogP contribution in [-0.4, -0.2) is 74.8 Å². The van der Waals surface area contributed by atoms with E-state index in [0.29, 0.717) is 24.5 Å². The lowest BCUT2D eigenvalue weighted by Gasteiger charge is -2.32. The first-order valence-corrected chi connectivity index (χ1v) is 14.4. The smallest absolute Gasteiger partial charge is 0.409 e. The average Bonchev–Trinajstić information content (AvgIpc) is 3.67. The second-order valence-electron chi connectivity index (χ2n) is 11.8. The van der Waals surface area contributed by atoms with Gasteiger partial charge in [0.15, 0.2) is 5.65 Å². The van der Waals surface area contributed by atoms with Crippen LogP contribution < -0.4 is 0 Å². The van der Waals surface area contributed by atoms with Gasteiger partial charge in [0.1, 0.15) is 12.9 Å². The Morgan fingerprint density at radius 1 is 1.13 bits per heavy atom. The van der Waals surface area contributed by atoms with Gasteiger partial charge in [-0.15, -0.1) is 0 Å². The number of amides is 1. The third kappa shape index (κ3) is 4.69. The fourth-order valence-corrected chi connectivity index (χ4v) is 6.59. The first-order chi connectivity index (χ1) is 18.8. The minimum Gasteiger partial charge on any atom is -0.448 e. The number of aromatic nitrogens is 4. The van der Waals surface area contributed by atoms with Crippen molar-refractivity contribution in [2.24, 2.45) is 0 Å². The van der Waals surface area contributed by atoms with E-state index in [2.05, 4.69) is 79.1 Å². The first kappa shape index (κ1) is 25.9. The highest BCUT2D eigenvalue weighted by atomic mass is 16.6. The number of likely N-dealkylation sites (N-methyl/N-ethyl adjacent to an activating group) is 1. The van der Waals surface area contributed by atoms with Gasteiger partial charge < -0.3 is 19.5 Å². The van der Waals surface area contributed by atoms with Crippen LogP contribution in [0.4, 0.5) is 4.79 Å². The van der Waals surface area contributed by atoms with Gasteiger partial charge in [0, 0.05) is 41.8 Å². The number of H-pyrrole nitrogens is 1.